The van der Waals surface area contributed by atoms with Gasteiger partial charge < -0.3 is 10.5 Å². The predicted octanol–water partition coefficient (Wildman–Crippen LogP) is 3.44. The SMILES string of the molecule is CCC(N)(CC)COc1nc2ccccc2cc1C. The van der Waals surface area contributed by atoms with Gasteiger partial charge in [0.15, 0.2) is 0 Å². The number of aryl methyl sites for hydroxylation is 1. The molecule has 2 aromatic rings. The molecule has 0 bridgehead atoms. The van der Waals surface area contributed by atoms with Crippen molar-refractivity contribution in [3.8, 4) is 5.88 Å². The Hall–Kier alpha value is -1.61. The molecule has 0 radical (unpaired) electrons. The lowest BCUT2D eigenvalue weighted by molar-refractivity contribution is 0.200. The maximum Gasteiger partial charge on any atom is 0.216 e. The number of pyridine rings is 1. The van der Waals surface area contributed by atoms with E-state index < -0.39 is 0 Å². The molecule has 0 aliphatic heterocycles. The minimum Gasteiger partial charge on any atom is -0.476 e. The molecule has 0 spiro atoms. The van der Waals surface area contributed by atoms with Crippen molar-refractivity contribution in [2.75, 3.05) is 6.61 Å². The molecular weight excluding hydrogens is 236 g/mol. The van der Waals surface area contributed by atoms with Crippen molar-refractivity contribution < 1.29 is 4.74 Å². The van der Waals surface area contributed by atoms with E-state index in [1.807, 2.05) is 25.1 Å². The molecule has 0 saturated carbocycles. The van der Waals surface area contributed by atoms with Crippen molar-refractivity contribution in [2.24, 2.45) is 5.73 Å². The average Bonchev–Trinajstić information content (AvgIpc) is 2.44. The van der Waals surface area contributed by atoms with Crippen LogP contribution in [0.5, 0.6) is 5.88 Å². The minimum absolute atomic E-state index is 0.264. The number of para-hydroxylation sites is 1. The summed E-state index contributed by atoms with van der Waals surface area (Å²) in [5.74, 6) is 0.690. The van der Waals surface area contributed by atoms with Crippen LogP contribution in [-0.4, -0.2) is 17.1 Å². The first-order chi connectivity index (χ1) is 9.08. The van der Waals surface area contributed by atoms with Crippen LogP contribution in [0.25, 0.3) is 10.9 Å². The fourth-order valence-electron chi connectivity index (χ4n) is 2.02. The maximum absolute atomic E-state index is 6.25. The minimum atomic E-state index is -0.264. The Labute approximate surface area is 114 Å². The van der Waals surface area contributed by atoms with Gasteiger partial charge in [0.25, 0.3) is 0 Å². The third kappa shape index (κ3) is 3.04. The summed E-state index contributed by atoms with van der Waals surface area (Å²) >= 11 is 0. The number of ether oxygens (including phenoxy) is 1. The van der Waals surface area contributed by atoms with Crippen molar-refractivity contribution in [1.82, 2.24) is 4.98 Å². The van der Waals surface area contributed by atoms with E-state index >= 15 is 0 Å². The molecule has 2 N–H and O–H groups in total. The van der Waals surface area contributed by atoms with E-state index in [4.69, 9.17) is 10.5 Å². The summed E-state index contributed by atoms with van der Waals surface area (Å²) in [6.07, 6.45) is 1.80. The molecule has 102 valence electrons. The number of aromatic nitrogens is 1. The second kappa shape index (κ2) is 5.57. The highest BCUT2D eigenvalue weighted by molar-refractivity contribution is 5.79. The molecule has 3 nitrogen and oxygen atoms in total. The summed E-state index contributed by atoms with van der Waals surface area (Å²) < 4.78 is 5.86. The van der Waals surface area contributed by atoms with Crippen LogP contribution in [0.15, 0.2) is 30.3 Å². The van der Waals surface area contributed by atoms with E-state index in [-0.39, 0.29) is 5.54 Å². The number of rotatable bonds is 5. The second-order valence-corrected chi connectivity index (χ2v) is 5.16. The number of nitrogens with zero attached hydrogens (tertiary/aromatic N) is 1. The molecule has 1 aromatic heterocycles. The van der Waals surface area contributed by atoms with Gasteiger partial charge in [0.1, 0.15) is 6.61 Å². The smallest absolute Gasteiger partial charge is 0.216 e. The zero-order valence-corrected chi connectivity index (χ0v) is 11.9. The van der Waals surface area contributed by atoms with Crippen molar-refractivity contribution in [3.05, 3.63) is 35.9 Å². The molecule has 1 aromatic carbocycles. The van der Waals surface area contributed by atoms with Crippen molar-refractivity contribution in [3.63, 3.8) is 0 Å². The van der Waals surface area contributed by atoms with Crippen molar-refractivity contribution >= 4 is 10.9 Å². The third-order valence-corrected chi connectivity index (χ3v) is 3.77. The maximum atomic E-state index is 6.25. The van der Waals surface area contributed by atoms with Gasteiger partial charge in [0.2, 0.25) is 5.88 Å². The Morgan fingerprint density at radius 2 is 1.89 bits per heavy atom. The quantitative estimate of drug-likeness (QED) is 0.893. The normalized spacial score (nSPS) is 11.8. The van der Waals surface area contributed by atoms with E-state index in [2.05, 4.69) is 31.0 Å². The zero-order chi connectivity index (χ0) is 13.9. The van der Waals surface area contributed by atoms with Gasteiger partial charge >= 0.3 is 0 Å². The van der Waals surface area contributed by atoms with Crippen LogP contribution < -0.4 is 10.5 Å². The summed E-state index contributed by atoms with van der Waals surface area (Å²) in [5, 5.41) is 1.14. The van der Waals surface area contributed by atoms with Crippen LogP contribution >= 0.6 is 0 Å². The highest BCUT2D eigenvalue weighted by Crippen LogP contribution is 2.22. The first-order valence-corrected chi connectivity index (χ1v) is 6.86. The molecule has 2 rings (SSSR count). The lowest BCUT2D eigenvalue weighted by Gasteiger charge is -2.26. The number of hydrogen-bond donors (Lipinski definition) is 1. The summed E-state index contributed by atoms with van der Waals surface area (Å²) in [6, 6.07) is 10.2. The summed E-state index contributed by atoms with van der Waals surface area (Å²) in [6.45, 7) is 6.71. The summed E-state index contributed by atoms with van der Waals surface area (Å²) in [4.78, 5) is 4.57. The van der Waals surface area contributed by atoms with E-state index in [9.17, 15) is 0 Å². The van der Waals surface area contributed by atoms with E-state index in [1.54, 1.807) is 0 Å². The molecule has 1 heterocycles. The van der Waals surface area contributed by atoms with Gasteiger partial charge in [-0.1, -0.05) is 32.0 Å². The third-order valence-electron chi connectivity index (χ3n) is 3.77. The largest absolute Gasteiger partial charge is 0.476 e. The fourth-order valence-corrected chi connectivity index (χ4v) is 2.02. The molecular formula is C16H22N2O. The predicted molar refractivity (Wildman–Crippen MR) is 79.5 cm³/mol. The molecule has 0 amide bonds. The van der Waals surface area contributed by atoms with Gasteiger partial charge in [-0.15, -0.1) is 0 Å². The van der Waals surface area contributed by atoms with E-state index in [0.29, 0.717) is 12.5 Å². The lowest BCUT2D eigenvalue weighted by atomic mass is 9.96. The van der Waals surface area contributed by atoms with Gasteiger partial charge in [-0.3, -0.25) is 0 Å². The second-order valence-electron chi connectivity index (χ2n) is 5.16. The number of fused-ring (bicyclic) bond motifs is 1. The summed E-state index contributed by atoms with van der Waals surface area (Å²) in [7, 11) is 0. The number of nitrogens with two attached hydrogens (primary N) is 1. The van der Waals surface area contributed by atoms with Crippen LogP contribution in [0.4, 0.5) is 0 Å². The Bertz CT molecular complexity index is 562. The monoisotopic (exact) mass is 258 g/mol. The molecule has 0 atom stereocenters. The molecule has 0 aliphatic rings. The highest BCUT2D eigenvalue weighted by Gasteiger charge is 2.21. The number of hydrogen-bond acceptors (Lipinski definition) is 3. The molecule has 0 unspecified atom stereocenters. The van der Waals surface area contributed by atoms with Gasteiger partial charge in [-0.2, -0.15) is 0 Å². The standard InChI is InChI=1S/C16H22N2O/c1-4-16(17,5-2)11-19-15-12(3)10-13-8-6-7-9-14(13)18-15/h6-10H,4-5,11,17H2,1-3H3. The Morgan fingerprint density at radius 1 is 1.21 bits per heavy atom. The van der Waals surface area contributed by atoms with Crippen molar-refractivity contribution in [1.29, 1.82) is 0 Å². The highest BCUT2D eigenvalue weighted by atomic mass is 16.5. The molecule has 0 saturated heterocycles. The van der Waals surface area contributed by atoms with E-state index in [1.165, 1.54) is 0 Å². The Kier molecular flexibility index (Phi) is 4.05. The zero-order valence-electron chi connectivity index (χ0n) is 11.9. The number of benzene rings is 1. The molecule has 3 heteroatoms. The van der Waals surface area contributed by atoms with Gasteiger partial charge in [-0.05, 0) is 31.9 Å². The average molecular weight is 258 g/mol. The van der Waals surface area contributed by atoms with Crippen LogP contribution in [0, 0.1) is 6.92 Å². The van der Waals surface area contributed by atoms with Crippen LogP contribution in [0.3, 0.4) is 0 Å². The van der Waals surface area contributed by atoms with Gasteiger partial charge in [-0.25, -0.2) is 4.98 Å². The first-order valence-electron chi connectivity index (χ1n) is 6.86. The summed E-state index contributed by atoms with van der Waals surface area (Å²) in [5.41, 5.74) is 8.00. The molecule has 0 aliphatic carbocycles. The Morgan fingerprint density at radius 3 is 2.58 bits per heavy atom. The van der Waals surface area contributed by atoms with Crippen LogP contribution in [0.1, 0.15) is 32.3 Å². The van der Waals surface area contributed by atoms with Crippen molar-refractivity contribution in [2.45, 2.75) is 39.2 Å². The Balaban J connectivity index is 2.23. The molecule has 0 fully saturated rings. The van der Waals surface area contributed by atoms with Crippen LogP contribution in [0.2, 0.25) is 0 Å². The van der Waals surface area contributed by atoms with Crippen LogP contribution in [-0.2, 0) is 0 Å². The topological polar surface area (TPSA) is 48.1 Å². The van der Waals surface area contributed by atoms with Gasteiger partial charge in [0.05, 0.1) is 5.52 Å². The van der Waals surface area contributed by atoms with E-state index in [0.717, 1.165) is 29.3 Å². The lowest BCUT2D eigenvalue weighted by Crippen LogP contribution is -2.44. The van der Waals surface area contributed by atoms with Gasteiger partial charge in [0, 0.05) is 16.5 Å². The first kappa shape index (κ1) is 13.8. The fraction of sp³-hybridized carbons (Fsp3) is 0.438. The molecule has 19 heavy (non-hydrogen) atoms.